The first-order valence-electron chi connectivity index (χ1n) is 6.90. The van der Waals surface area contributed by atoms with E-state index >= 15 is 0 Å². The largest absolute Gasteiger partial charge is 0.465 e. The summed E-state index contributed by atoms with van der Waals surface area (Å²) in [5, 5.41) is 0. The standard InChI is InChI=1S/C14H16O3.C2H6/c1-17-14(16)12-4-2-10(3-5-12)11-6-8-13(15)9-7-11;1-2/h2-5,11H,6-9H2,1H3;1-2H3. The minimum atomic E-state index is -0.310. The summed E-state index contributed by atoms with van der Waals surface area (Å²) >= 11 is 0. The fourth-order valence-electron chi connectivity index (χ4n) is 2.28. The monoisotopic (exact) mass is 262 g/mol. The van der Waals surface area contributed by atoms with Gasteiger partial charge in [0.15, 0.2) is 0 Å². The summed E-state index contributed by atoms with van der Waals surface area (Å²) in [4.78, 5) is 22.4. The molecule has 1 aromatic rings. The molecule has 0 saturated heterocycles. The van der Waals surface area contributed by atoms with Gasteiger partial charge < -0.3 is 4.74 Å². The van der Waals surface area contributed by atoms with Gasteiger partial charge in [-0.05, 0) is 36.5 Å². The maximum atomic E-state index is 11.3. The van der Waals surface area contributed by atoms with E-state index in [2.05, 4.69) is 4.74 Å². The lowest BCUT2D eigenvalue weighted by Crippen LogP contribution is -2.12. The number of methoxy groups -OCH3 is 1. The average molecular weight is 262 g/mol. The van der Waals surface area contributed by atoms with E-state index in [0.717, 1.165) is 12.8 Å². The van der Waals surface area contributed by atoms with Crippen molar-refractivity contribution in [1.82, 2.24) is 0 Å². The van der Waals surface area contributed by atoms with Gasteiger partial charge in [-0.15, -0.1) is 0 Å². The molecule has 0 spiro atoms. The molecule has 0 atom stereocenters. The summed E-state index contributed by atoms with van der Waals surface area (Å²) in [6.45, 7) is 4.00. The highest BCUT2D eigenvalue weighted by molar-refractivity contribution is 5.89. The Morgan fingerprint density at radius 1 is 1.11 bits per heavy atom. The zero-order valence-electron chi connectivity index (χ0n) is 11.9. The van der Waals surface area contributed by atoms with Crippen molar-refractivity contribution in [2.75, 3.05) is 7.11 Å². The molecule has 0 bridgehead atoms. The summed E-state index contributed by atoms with van der Waals surface area (Å²) in [5.41, 5.74) is 1.79. The van der Waals surface area contributed by atoms with Crippen LogP contribution in [-0.4, -0.2) is 18.9 Å². The van der Waals surface area contributed by atoms with Crippen molar-refractivity contribution in [3.8, 4) is 0 Å². The van der Waals surface area contributed by atoms with Crippen LogP contribution < -0.4 is 0 Å². The number of hydrogen-bond acceptors (Lipinski definition) is 3. The molecule has 0 aliphatic heterocycles. The Morgan fingerprint density at radius 2 is 1.63 bits per heavy atom. The summed E-state index contributed by atoms with van der Waals surface area (Å²) in [6, 6.07) is 7.51. The van der Waals surface area contributed by atoms with Crippen molar-refractivity contribution in [3.05, 3.63) is 35.4 Å². The number of benzene rings is 1. The topological polar surface area (TPSA) is 43.4 Å². The van der Waals surface area contributed by atoms with E-state index in [4.69, 9.17) is 0 Å². The van der Waals surface area contributed by atoms with Crippen LogP contribution in [0.3, 0.4) is 0 Å². The van der Waals surface area contributed by atoms with Gasteiger partial charge in [0.05, 0.1) is 12.7 Å². The fraction of sp³-hybridized carbons (Fsp3) is 0.500. The summed E-state index contributed by atoms with van der Waals surface area (Å²) in [6.07, 6.45) is 3.22. The van der Waals surface area contributed by atoms with E-state index in [0.29, 0.717) is 30.1 Å². The molecule has 1 aromatic carbocycles. The molecule has 1 fully saturated rings. The van der Waals surface area contributed by atoms with Gasteiger partial charge in [-0.25, -0.2) is 4.79 Å². The van der Waals surface area contributed by atoms with E-state index in [1.807, 2.05) is 26.0 Å². The number of ether oxygens (including phenoxy) is 1. The highest BCUT2D eigenvalue weighted by Gasteiger charge is 2.20. The average Bonchev–Trinajstić information content (AvgIpc) is 2.49. The molecule has 3 nitrogen and oxygen atoms in total. The molecule has 0 N–H and O–H groups in total. The van der Waals surface area contributed by atoms with Crippen LogP contribution in [0.1, 0.15) is 61.4 Å². The molecule has 19 heavy (non-hydrogen) atoms. The second-order valence-electron chi connectivity index (χ2n) is 4.43. The maximum absolute atomic E-state index is 11.3. The normalized spacial score (nSPS) is 15.4. The maximum Gasteiger partial charge on any atom is 0.337 e. The van der Waals surface area contributed by atoms with Crippen LogP contribution in [0.25, 0.3) is 0 Å². The van der Waals surface area contributed by atoms with Crippen molar-refractivity contribution < 1.29 is 14.3 Å². The third kappa shape index (κ3) is 4.19. The first kappa shape index (κ1) is 15.4. The molecule has 0 unspecified atom stereocenters. The zero-order chi connectivity index (χ0) is 14.3. The molecule has 0 amide bonds. The Kier molecular flexibility index (Phi) is 6.26. The molecule has 104 valence electrons. The van der Waals surface area contributed by atoms with Gasteiger partial charge in [0, 0.05) is 12.8 Å². The highest BCUT2D eigenvalue weighted by Crippen LogP contribution is 2.31. The molecular weight excluding hydrogens is 240 g/mol. The first-order valence-corrected chi connectivity index (χ1v) is 6.90. The number of esters is 1. The number of carbonyl (C=O) groups excluding carboxylic acids is 2. The second-order valence-corrected chi connectivity index (χ2v) is 4.43. The molecule has 2 rings (SSSR count). The van der Waals surface area contributed by atoms with Crippen molar-refractivity contribution in [2.45, 2.75) is 45.4 Å². The third-order valence-corrected chi connectivity index (χ3v) is 3.35. The lowest BCUT2D eigenvalue weighted by atomic mass is 9.83. The van der Waals surface area contributed by atoms with E-state index < -0.39 is 0 Å². The van der Waals surface area contributed by atoms with Crippen molar-refractivity contribution in [1.29, 1.82) is 0 Å². The minimum Gasteiger partial charge on any atom is -0.465 e. The molecular formula is C16H22O3. The van der Waals surface area contributed by atoms with Crippen molar-refractivity contribution in [3.63, 3.8) is 0 Å². The van der Waals surface area contributed by atoms with Gasteiger partial charge in [-0.2, -0.15) is 0 Å². The molecule has 3 heteroatoms. The summed E-state index contributed by atoms with van der Waals surface area (Å²) in [5.74, 6) is 0.516. The fourth-order valence-corrected chi connectivity index (χ4v) is 2.28. The van der Waals surface area contributed by atoms with E-state index in [1.54, 1.807) is 12.1 Å². The Balaban J connectivity index is 0.000000861. The number of rotatable bonds is 2. The molecule has 0 aromatic heterocycles. The van der Waals surface area contributed by atoms with E-state index in [9.17, 15) is 9.59 Å². The van der Waals surface area contributed by atoms with Crippen LogP contribution in [0.15, 0.2) is 24.3 Å². The molecule has 0 heterocycles. The van der Waals surface area contributed by atoms with Crippen molar-refractivity contribution in [2.24, 2.45) is 0 Å². The van der Waals surface area contributed by atoms with E-state index in [-0.39, 0.29) is 5.97 Å². The number of Topliss-reactive ketones (excluding diaryl/α,β-unsaturated/α-hetero) is 1. The van der Waals surface area contributed by atoms with Crippen LogP contribution in [0, 0.1) is 0 Å². The van der Waals surface area contributed by atoms with Gasteiger partial charge in [0.2, 0.25) is 0 Å². The quantitative estimate of drug-likeness (QED) is 0.763. The van der Waals surface area contributed by atoms with Gasteiger partial charge >= 0.3 is 5.97 Å². The Labute approximate surface area is 115 Å². The van der Waals surface area contributed by atoms with Crippen LogP contribution in [-0.2, 0) is 9.53 Å². The molecule has 1 aliphatic carbocycles. The van der Waals surface area contributed by atoms with Gasteiger partial charge in [0.25, 0.3) is 0 Å². The lowest BCUT2D eigenvalue weighted by molar-refractivity contribution is -0.120. The summed E-state index contributed by atoms with van der Waals surface area (Å²) < 4.78 is 4.65. The lowest BCUT2D eigenvalue weighted by Gasteiger charge is -2.21. The van der Waals surface area contributed by atoms with Gasteiger partial charge in [0.1, 0.15) is 5.78 Å². The smallest absolute Gasteiger partial charge is 0.337 e. The van der Waals surface area contributed by atoms with Gasteiger partial charge in [-0.1, -0.05) is 26.0 Å². The third-order valence-electron chi connectivity index (χ3n) is 3.35. The van der Waals surface area contributed by atoms with Crippen molar-refractivity contribution >= 4 is 11.8 Å². The van der Waals surface area contributed by atoms with Crippen LogP contribution in [0.4, 0.5) is 0 Å². The van der Waals surface area contributed by atoms with E-state index in [1.165, 1.54) is 12.7 Å². The Bertz CT molecular complexity index is 410. The summed E-state index contributed by atoms with van der Waals surface area (Å²) in [7, 11) is 1.38. The molecule has 1 saturated carbocycles. The minimum absolute atomic E-state index is 0.310. The highest BCUT2D eigenvalue weighted by atomic mass is 16.5. The zero-order valence-corrected chi connectivity index (χ0v) is 11.9. The van der Waals surface area contributed by atoms with Crippen LogP contribution >= 0.6 is 0 Å². The predicted molar refractivity (Wildman–Crippen MR) is 75.3 cm³/mol. The van der Waals surface area contributed by atoms with Crippen LogP contribution in [0.2, 0.25) is 0 Å². The SMILES string of the molecule is CC.COC(=O)c1ccc(C2CCC(=O)CC2)cc1. The number of ketones is 1. The van der Waals surface area contributed by atoms with Gasteiger partial charge in [-0.3, -0.25) is 4.79 Å². The van der Waals surface area contributed by atoms with Crippen LogP contribution in [0.5, 0.6) is 0 Å². The number of carbonyl (C=O) groups is 2. The molecule has 1 aliphatic rings. The predicted octanol–water partition coefficient (Wildman–Crippen LogP) is 3.73. The Morgan fingerprint density at radius 3 is 2.11 bits per heavy atom. The Hall–Kier alpha value is -1.64. The molecule has 0 radical (unpaired) electrons. The number of hydrogen-bond donors (Lipinski definition) is 0. The first-order chi connectivity index (χ1) is 9.20. The second kappa shape index (κ2) is 7.72.